The number of piperidine rings is 1. The number of hydrogen-bond acceptors (Lipinski definition) is 5. The van der Waals surface area contributed by atoms with Crippen LogP contribution in [0.1, 0.15) is 43.5 Å². The van der Waals surface area contributed by atoms with Crippen molar-refractivity contribution in [3.05, 3.63) is 33.9 Å². The summed E-state index contributed by atoms with van der Waals surface area (Å²) in [7, 11) is 0. The lowest BCUT2D eigenvalue weighted by Crippen LogP contribution is -2.40. The average molecular weight is 375 g/mol. The number of carbonyl (C=O) groups excluding carboxylic acids is 1. The number of nitrogens with zero attached hydrogens (tertiary/aromatic N) is 3. The van der Waals surface area contributed by atoms with Gasteiger partial charge in [0.1, 0.15) is 11.7 Å². The molecule has 2 aliphatic heterocycles. The maximum absolute atomic E-state index is 12.8. The number of carboxylic acids is 1. The Hall–Kier alpha value is -2.64. The zero-order valence-electron chi connectivity index (χ0n) is 15.6. The first kappa shape index (κ1) is 19.1. The van der Waals surface area contributed by atoms with E-state index in [9.17, 15) is 24.8 Å². The van der Waals surface area contributed by atoms with Crippen LogP contribution in [0.25, 0.3) is 0 Å². The lowest BCUT2D eigenvalue weighted by atomic mass is 9.91. The van der Waals surface area contributed by atoms with Crippen LogP contribution in [0.2, 0.25) is 0 Å². The van der Waals surface area contributed by atoms with E-state index < -0.39 is 22.8 Å². The summed E-state index contributed by atoms with van der Waals surface area (Å²) >= 11 is 0. The topological polar surface area (TPSA) is 104 Å². The Morgan fingerprint density at radius 3 is 2.48 bits per heavy atom. The number of hydrogen-bond donors (Lipinski definition) is 1. The fourth-order valence-corrected chi connectivity index (χ4v) is 4.36. The van der Waals surface area contributed by atoms with E-state index in [4.69, 9.17) is 0 Å². The molecule has 0 aromatic heterocycles. The highest BCUT2D eigenvalue weighted by molar-refractivity contribution is 5.98. The van der Waals surface area contributed by atoms with Crippen LogP contribution in [0.5, 0.6) is 0 Å². The second kappa shape index (κ2) is 7.54. The maximum atomic E-state index is 12.8. The van der Waals surface area contributed by atoms with E-state index in [-0.39, 0.29) is 11.3 Å². The Bertz CT molecular complexity index is 756. The van der Waals surface area contributed by atoms with Gasteiger partial charge in [-0.05, 0) is 43.2 Å². The summed E-state index contributed by atoms with van der Waals surface area (Å²) in [4.78, 5) is 38.6. The van der Waals surface area contributed by atoms with Gasteiger partial charge in [-0.25, -0.2) is 4.79 Å². The third-order valence-corrected chi connectivity index (χ3v) is 5.43. The SMILES string of the molecule is CC1CC(C)CN(c2ccc(C(=O)N3CCCC3C(=O)O)cc2[N+](=O)[O-])C1. The van der Waals surface area contributed by atoms with Crippen LogP contribution < -0.4 is 4.90 Å². The minimum atomic E-state index is -1.04. The standard InChI is InChI=1S/C19H25N3O5/c1-12-8-13(2)11-20(10-12)15-6-5-14(9-17(15)22(26)27)18(23)21-7-3-4-16(21)19(24)25/h5-6,9,12-13,16H,3-4,7-8,10-11H2,1-2H3,(H,24,25). The number of likely N-dealkylation sites (tertiary alicyclic amines) is 1. The number of rotatable bonds is 4. The molecule has 0 spiro atoms. The molecule has 1 N–H and O–H groups in total. The Kier molecular flexibility index (Phi) is 5.34. The van der Waals surface area contributed by atoms with Crippen LogP contribution in [-0.4, -0.2) is 52.5 Å². The summed E-state index contributed by atoms with van der Waals surface area (Å²) in [6.45, 7) is 6.10. The molecule has 2 saturated heterocycles. The highest BCUT2D eigenvalue weighted by Gasteiger charge is 2.35. The number of amides is 1. The van der Waals surface area contributed by atoms with Gasteiger partial charge in [-0.3, -0.25) is 14.9 Å². The van der Waals surface area contributed by atoms with E-state index in [0.29, 0.717) is 36.9 Å². The van der Waals surface area contributed by atoms with Crippen LogP contribution in [0.4, 0.5) is 11.4 Å². The molecule has 8 heteroatoms. The molecule has 1 amide bonds. The molecule has 3 rings (SSSR count). The highest BCUT2D eigenvalue weighted by atomic mass is 16.6. The molecule has 2 fully saturated rings. The van der Waals surface area contributed by atoms with Crippen molar-refractivity contribution >= 4 is 23.3 Å². The van der Waals surface area contributed by atoms with Crippen LogP contribution in [0.15, 0.2) is 18.2 Å². The zero-order valence-corrected chi connectivity index (χ0v) is 15.6. The molecule has 146 valence electrons. The van der Waals surface area contributed by atoms with Crippen LogP contribution >= 0.6 is 0 Å². The first-order valence-electron chi connectivity index (χ1n) is 9.35. The van der Waals surface area contributed by atoms with Gasteiger partial charge < -0.3 is 14.9 Å². The number of aliphatic carboxylic acids is 1. The second-order valence-electron chi connectivity index (χ2n) is 7.81. The van der Waals surface area contributed by atoms with E-state index in [1.54, 1.807) is 12.1 Å². The van der Waals surface area contributed by atoms with Crippen LogP contribution in [0, 0.1) is 22.0 Å². The van der Waals surface area contributed by atoms with Crippen molar-refractivity contribution in [3.8, 4) is 0 Å². The van der Waals surface area contributed by atoms with E-state index in [1.165, 1.54) is 11.0 Å². The third-order valence-electron chi connectivity index (χ3n) is 5.43. The minimum absolute atomic E-state index is 0.103. The van der Waals surface area contributed by atoms with Gasteiger partial charge in [-0.1, -0.05) is 13.8 Å². The largest absolute Gasteiger partial charge is 0.480 e. The van der Waals surface area contributed by atoms with Gasteiger partial charge in [0.2, 0.25) is 0 Å². The van der Waals surface area contributed by atoms with Gasteiger partial charge in [0.15, 0.2) is 0 Å². The molecule has 2 heterocycles. The first-order chi connectivity index (χ1) is 12.8. The van der Waals surface area contributed by atoms with Gasteiger partial charge in [-0.2, -0.15) is 0 Å². The summed E-state index contributed by atoms with van der Waals surface area (Å²) in [6, 6.07) is 3.63. The van der Waals surface area contributed by atoms with E-state index in [0.717, 1.165) is 19.5 Å². The number of nitro benzene ring substituents is 1. The van der Waals surface area contributed by atoms with Crippen molar-refractivity contribution < 1.29 is 19.6 Å². The molecule has 1 aromatic carbocycles. The molecule has 2 aliphatic rings. The highest BCUT2D eigenvalue weighted by Crippen LogP contribution is 2.34. The molecule has 0 bridgehead atoms. The Balaban J connectivity index is 1.91. The van der Waals surface area contributed by atoms with Crippen molar-refractivity contribution in [2.24, 2.45) is 11.8 Å². The summed E-state index contributed by atoms with van der Waals surface area (Å²) in [5, 5.41) is 20.9. The Morgan fingerprint density at radius 1 is 1.22 bits per heavy atom. The van der Waals surface area contributed by atoms with Gasteiger partial charge in [0, 0.05) is 31.3 Å². The van der Waals surface area contributed by atoms with Crippen molar-refractivity contribution in [1.82, 2.24) is 4.90 Å². The quantitative estimate of drug-likeness (QED) is 0.641. The van der Waals surface area contributed by atoms with E-state index in [1.807, 2.05) is 4.90 Å². The third kappa shape index (κ3) is 3.89. The molecule has 8 nitrogen and oxygen atoms in total. The zero-order chi connectivity index (χ0) is 19.7. The van der Waals surface area contributed by atoms with Gasteiger partial charge >= 0.3 is 5.97 Å². The normalized spacial score (nSPS) is 25.5. The minimum Gasteiger partial charge on any atom is -0.480 e. The summed E-state index contributed by atoms with van der Waals surface area (Å²) < 4.78 is 0. The van der Waals surface area contributed by atoms with E-state index >= 15 is 0 Å². The fourth-order valence-electron chi connectivity index (χ4n) is 4.36. The van der Waals surface area contributed by atoms with Crippen LogP contribution in [-0.2, 0) is 4.79 Å². The fraction of sp³-hybridized carbons (Fsp3) is 0.579. The number of anilines is 1. The molecule has 27 heavy (non-hydrogen) atoms. The van der Waals surface area contributed by atoms with Crippen molar-refractivity contribution in [1.29, 1.82) is 0 Å². The lowest BCUT2D eigenvalue weighted by molar-refractivity contribution is -0.384. The predicted molar refractivity (Wildman–Crippen MR) is 99.9 cm³/mol. The smallest absolute Gasteiger partial charge is 0.326 e. The summed E-state index contributed by atoms with van der Waals surface area (Å²) in [5.74, 6) is -0.621. The van der Waals surface area contributed by atoms with E-state index in [2.05, 4.69) is 13.8 Å². The van der Waals surface area contributed by atoms with Crippen molar-refractivity contribution in [3.63, 3.8) is 0 Å². The molecule has 3 unspecified atom stereocenters. The molecule has 1 aromatic rings. The maximum Gasteiger partial charge on any atom is 0.326 e. The predicted octanol–water partition coefficient (Wildman–Crippen LogP) is 2.77. The first-order valence-corrected chi connectivity index (χ1v) is 9.35. The molecule has 0 radical (unpaired) electrons. The molecule has 0 aliphatic carbocycles. The number of carbonyl (C=O) groups is 2. The monoisotopic (exact) mass is 375 g/mol. The van der Waals surface area contributed by atoms with Crippen molar-refractivity contribution in [2.45, 2.75) is 39.2 Å². The number of carboxylic acid groups (broad SMARTS) is 1. The molecule has 0 saturated carbocycles. The summed E-state index contributed by atoms with van der Waals surface area (Å²) in [6.07, 6.45) is 2.11. The lowest BCUT2D eigenvalue weighted by Gasteiger charge is -2.36. The van der Waals surface area contributed by atoms with Crippen molar-refractivity contribution in [2.75, 3.05) is 24.5 Å². The molecular formula is C19H25N3O5. The van der Waals surface area contributed by atoms with Gasteiger partial charge in [-0.15, -0.1) is 0 Å². The Labute approximate surface area is 157 Å². The number of nitro groups is 1. The molecule has 3 atom stereocenters. The van der Waals surface area contributed by atoms with Crippen LogP contribution in [0.3, 0.4) is 0 Å². The Morgan fingerprint density at radius 2 is 1.89 bits per heavy atom. The summed E-state index contributed by atoms with van der Waals surface area (Å²) in [5.41, 5.74) is 0.580. The van der Waals surface area contributed by atoms with Gasteiger partial charge in [0.25, 0.3) is 11.6 Å². The number of benzene rings is 1. The molecular weight excluding hydrogens is 350 g/mol. The van der Waals surface area contributed by atoms with Gasteiger partial charge in [0.05, 0.1) is 4.92 Å². The second-order valence-corrected chi connectivity index (χ2v) is 7.81. The average Bonchev–Trinajstić information content (AvgIpc) is 3.09.